The molecule has 1 aromatic carbocycles. The minimum absolute atomic E-state index is 0.114. The Balaban J connectivity index is 1.97. The number of carbonyl (C=O) groups excluding carboxylic acids is 1. The zero-order valence-electron chi connectivity index (χ0n) is 13.7. The third-order valence-corrected chi connectivity index (χ3v) is 3.85. The standard InChI is InChI=1S/C17H27N3O/c1-14(2)12-15-6-5-7-16(13-15)19-8-10-20(11-9-19)17(21)18(3)4/h5-7,13-14H,8-12H2,1-4H3. The molecule has 0 spiro atoms. The van der Waals surface area contributed by atoms with Crippen molar-refractivity contribution in [3.05, 3.63) is 29.8 Å². The van der Waals surface area contributed by atoms with E-state index in [2.05, 4.69) is 43.0 Å². The Morgan fingerprint density at radius 2 is 1.86 bits per heavy atom. The number of anilines is 1. The van der Waals surface area contributed by atoms with Crippen molar-refractivity contribution >= 4 is 11.7 Å². The van der Waals surface area contributed by atoms with E-state index < -0.39 is 0 Å². The molecule has 2 rings (SSSR count). The fourth-order valence-corrected chi connectivity index (χ4v) is 2.79. The summed E-state index contributed by atoms with van der Waals surface area (Å²) in [6.07, 6.45) is 1.12. The van der Waals surface area contributed by atoms with Gasteiger partial charge in [0.1, 0.15) is 0 Å². The number of benzene rings is 1. The number of nitrogens with zero attached hydrogens (tertiary/aromatic N) is 3. The summed E-state index contributed by atoms with van der Waals surface area (Å²) in [5.74, 6) is 0.676. The first-order valence-electron chi connectivity index (χ1n) is 7.77. The van der Waals surface area contributed by atoms with E-state index in [-0.39, 0.29) is 6.03 Å². The van der Waals surface area contributed by atoms with Gasteiger partial charge in [-0.1, -0.05) is 26.0 Å². The van der Waals surface area contributed by atoms with Crippen LogP contribution in [0.4, 0.5) is 10.5 Å². The Morgan fingerprint density at radius 3 is 2.43 bits per heavy atom. The lowest BCUT2D eigenvalue weighted by Crippen LogP contribution is -2.51. The molecule has 0 saturated carbocycles. The highest BCUT2D eigenvalue weighted by molar-refractivity contribution is 5.74. The van der Waals surface area contributed by atoms with Crippen LogP contribution >= 0.6 is 0 Å². The minimum atomic E-state index is 0.114. The monoisotopic (exact) mass is 289 g/mol. The third kappa shape index (κ3) is 4.13. The number of amides is 2. The maximum atomic E-state index is 11.9. The predicted octanol–water partition coefficient (Wildman–Crippen LogP) is 2.69. The Hall–Kier alpha value is -1.71. The molecule has 0 atom stereocenters. The molecular formula is C17H27N3O. The van der Waals surface area contributed by atoms with Crippen LogP contribution in [0.3, 0.4) is 0 Å². The number of piperazine rings is 1. The fourth-order valence-electron chi connectivity index (χ4n) is 2.79. The molecule has 1 heterocycles. The van der Waals surface area contributed by atoms with Crippen molar-refractivity contribution in [1.82, 2.24) is 9.80 Å². The summed E-state index contributed by atoms with van der Waals surface area (Å²) in [5, 5.41) is 0. The van der Waals surface area contributed by atoms with Crippen LogP contribution in [0.15, 0.2) is 24.3 Å². The molecule has 4 nitrogen and oxygen atoms in total. The lowest BCUT2D eigenvalue weighted by Gasteiger charge is -2.37. The van der Waals surface area contributed by atoms with Crippen LogP contribution in [0.25, 0.3) is 0 Å². The molecule has 2 amide bonds. The average Bonchev–Trinajstić information content (AvgIpc) is 2.46. The maximum absolute atomic E-state index is 11.9. The molecule has 4 heteroatoms. The number of urea groups is 1. The second kappa shape index (κ2) is 6.83. The summed E-state index contributed by atoms with van der Waals surface area (Å²) in [6, 6.07) is 8.93. The highest BCUT2D eigenvalue weighted by Gasteiger charge is 2.22. The quantitative estimate of drug-likeness (QED) is 0.855. The van der Waals surface area contributed by atoms with E-state index in [4.69, 9.17) is 0 Å². The molecule has 0 aromatic heterocycles. The van der Waals surface area contributed by atoms with Gasteiger partial charge < -0.3 is 14.7 Å². The van der Waals surface area contributed by atoms with Gasteiger partial charge in [-0.25, -0.2) is 4.79 Å². The SMILES string of the molecule is CC(C)Cc1cccc(N2CCN(C(=O)N(C)C)CC2)c1. The molecule has 1 aliphatic rings. The summed E-state index contributed by atoms with van der Waals surface area (Å²) < 4.78 is 0. The van der Waals surface area contributed by atoms with Crippen LogP contribution in [0, 0.1) is 5.92 Å². The minimum Gasteiger partial charge on any atom is -0.368 e. The first-order valence-corrected chi connectivity index (χ1v) is 7.77. The Labute approximate surface area is 128 Å². The summed E-state index contributed by atoms with van der Waals surface area (Å²) >= 11 is 0. The topological polar surface area (TPSA) is 26.8 Å². The van der Waals surface area contributed by atoms with Gasteiger partial charge in [0.25, 0.3) is 0 Å². The number of rotatable bonds is 3. The van der Waals surface area contributed by atoms with Gasteiger partial charge in [0.15, 0.2) is 0 Å². The normalized spacial score (nSPS) is 15.5. The average molecular weight is 289 g/mol. The van der Waals surface area contributed by atoms with E-state index in [0.29, 0.717) is 5.92 Å². The predicted molar refractivity (Wildman–Crippen MR) is 87.9 cm³/mol. The van der Waals surface area contributed by atoms with Gasteiger partial charge in [-0.05, 0) is 30.0 Å². The van der Waals surface area contributed by atoms with E-state index in [1.807, 2.05) is 19.0 Å². The second-order valence-electron chi connectivity index (χ2n) is 6.42. The lowest BCUT2D eigenvalue weighted by atomic mass is 10.0. The van der Waals surface area contributed by atoms with Crippen LogP contribution in [-0.4, -0.2) is 56.1 Å². The van der Waals surface area contributed by atoms with Crippen LogP contribution < -0.4 is 4.90 Å². The molecule has 21 heavy (non-hydrogen) atoms. The van der Waals surface area contributed by atoms with Crippen molar-refractivity contribution in [2.45, 2.75) is 20.3 Å². The molecule has 0 N–H and O–H groups in total. The summed E-state index contributed by atoms with van der Waals surface area (Å²) in [4.78, 5) is 17.9. The van der Waals surface area contributed by atoms with Crippen molar-refractivity contribution in [3.63, 3.8) is 0 Å². The Morgan fingerprint density at radius 1 is 1.19 bits per heavy atom. The number of carbonyl (C=O) groups is 1. The first-order chi connectivity index (χ1) is 9.97. The van der Waals surface area contributed by atoms with E-state index in [1.165, 1.54) is 11.3 Å². The van der Waals surface area contributed by atoms with Crippen molar-refractivity contribution in [1.29, 1.82) is 0 Å². The van der Waals surface area contributed by atoms with Crippen molar-refractivity contribution in [3.8, 4) is 0 Å². The molecule has 0 radical (unpaired) electrons. The highest BCUT2D eigenvalue weighted by atomic mass is 16.2. The third-order valence-electron chi connectivity index (χ3n) is 3.85. The zero-order chi connectivity index (χ0) is 15.4. The summed E-state index contributed by atoms with van der Waals surface area (Å²) in [5.41, 5.74) is 2.68. The molecule has 1 aliphatic heterocycles. The van der Waals surface area contributed by atoms with Gasteiger partial charge in [0.05, 0.1) is 0 Å². The van der Waals surface area contributed by atoms with Gasteiger partial charge in [0.2, 0.25) is 0 Å². The molecule has 0 unspecified atom stereocenters. The largest absolute Gasteiger partial charge is 0.368 e. The smallest absolute Gasteiger partial charge is 0.319 e. The van der Waals surface area contributed by atoms with E-state index in [9.17, 15) is 4.79 Å². The van der Waals surface area contributed by atoms with Crippen LogP contribution in [0.1, 0.15) is 19.4 Å². The highest BCUT2D eigenvalue weighted by Crippen LogP contribution is 2.20. The van der Waals surface area contributed by atoms with Crippen molar-refractivity contribution in [2.24, 2.45) is 5.92 Å². The molecule has 0 aliphatic carbocycles. The fraction of sp³-hybridized carbons (Fsp3) is 0.588. The summed E-state index contributed by atoms with van der Waals surface area (Å²) in [7, 11) is 3.62. The molecule has 1 fully saturated rings. The van der Waals surface area contributed by atoms with Gasteiger partial charge in [0, 0.05) is 46.0 Å². The van der Waals surface area contributed by atoms with E-state index >= 15 is 0 Å². The first kappa shape index (κ1) is 15.7. The van der Waals surface area contributed by atoms with Crippen molar-refractivity contribution < 1.29 is 4.79 Å². The summed E-state index contributed by atoms with van der Waals surface area (Å²) in [6.45, 7) is 7.91. The van der Waals surface area contributed by atoms with Crippen LogP contribution in [0.5, 0.6) is 0 Å². The molecular weight excluding hydrogens is 262 g/mol. The Bertz CT molecular complexity index is 477. The molecule has 1 aromatic rings. The lowest BCUT2D eigenvalue weighted by molar-refractivity contribution is 0.168. The maximum Gasteiger partial charge on any atom is 0.319 e. The van der Waals surface area contributed by atoms with Gasteiger partial charge in [-0.15, -0.1) is 0 Å². The van der Waals surface area contributed by atoms with E-state index in [1.54, 1.807) is 4.90 Å². The Kier molecular flexibility index (Phi) is 5.10. The van der Waals surface area contributed by atoms with Crippen molar-refractivity contribution in [2.75, 3.05) is 45.2 Å². The molecule has 116 valence electrons. The van der Waals surface area contributed by atoms with Crippen LogP contribution in [-0.2, 0) is 6.42 Å². The second-order valence-corrected chi connectivity index (χ2v) is 6.42. The molecule has 1 saturated heterocycles. The van der Waals surface area contributed by atoms with Crippen LogP contribution in [0.2, 0.25) is 0 Å². The van der Waals surface area contributed by atoms with Gasteiger partial charge in [-0.3, -0.25) is 0 Å². The van der Waals surface area contributed by atoms with Gasteiger partial charge >= 0.3 is 6.03 Å². The van der Waals surface area contributed by atoms with Gasteiger partial charge in [-0.2, -0.15) is 0 Å². The number of hydrogen-bond acceptors (Lipinski definition) is 2. The number of hydrogen-bond donors (Lipinski definition) is 0. The zero-order valence-corrected chi connectivity index (χ0v) is 13.7. The van der Waals surface area contributed by atoms with E-state index in [0.717, 1.165) is 32.6 Å². The molecule has 0 bridgehead atoms.